The molecule has 1 unspecified atom stereocenters. The Morgan fingerprint density at radius 3 is 2.56 bits per heavy atom. The molecular formula is C19H29FN4O. The Bertz CT molecular complexity index is 551. The summed E-state index contributed by atoms with van der Waals surface area (Å²) < 4.78 is 18.8. The van der Waals surface area contributed by atoms with Crippen molar-refractivity contribution in [3.63, 3.8) is 0 Å². The van der Waals surface area contributed by atoms with Crippen molar-refractivity contribution < 1.29 is 9.13 Å². The number of hydrogen-bond donors (Lipinski definition) is 2. The zero-order chi connectivity index (χ0) is 17.5. The number of benzene rings is 1. The van der Waals surface area contributed by atoms with E-state index in [2.05, 4.69) is 20.5 Å². The molecule has 138 valence electrons. The Morgan fingerprint density at radius 1 is 1.24 bits per heavy atom. The molecule has 0 amide bonds. The first-order valence-corrected chi connectivity index (χ1v) is 9.30. The van der Waals surface area contributed by atoms with Gasteiger partial charge in [0.1, 0.15) is 5.82 Å². The van der Waals surface area contributed by atoms with Gasteiger partial charge in [0.25, 0.3) is 0 Å². The van der Waals surface area contributed by atoms with Gasteiger partial charge in [-0.3, -0.25) is 9.89 Å². The largest absolute Gasteiger partial charge is 0.379 e. The Balaban J connectivity index is 1.64. The van der Waals surface area contributed by atoms with E-state index in [4.69, 9.17) is 4.74 Å². The van der Waals surface area contributed by atoms with Crippen molar-refractivity contribution in [1.82, 2.24) is 15.5 Å². The SMILES string of the molecule is CN=C(NCC(c1ccc(F)cc1)N1CCOCC1)NC1CCCC1. The zero-order valence-electron chi connectivity index (χ0n) is 15.0. The van der Waals surface area contributed by atoms with Crippen LogP contribution in [0.2, 0.25) is 0 Å². The number of aliphatic imine (C=N–C) groups is 1. The minimum atomic E-state index is -0.198. The third-order valence-corrected chi connectivity index (χ3v) is 5.12. The van der Waals surface area contributed by atoms with Gasteiger partial charge < -0.3 is 15.4 Å². The van der Waals surface area contributed by atoms with Crippen molar-refractivity contribution in [1.29, 1.82) is 0 Å². The molecule has 1 aliphatic heterocycles. The van der Waals surface area contributed by atoms with Gasteiger partial charge in [-0.1, -0.05) is 25.0 Å². The second-order valence-electron chi connectivity index (χ2n) is 6.79. The third kappa shape index (κ3) is 5.16. The molecule has 2 fully saturated rings. The van der Waals surface area contributed by atoms with Gasteiger partial charge in [0, 0.05) is 32.7 Å². The highest BCUT2D eigenvalue weighted by molar-refractivity contribution is 5.80. The van der Waals surface area contributed by atoms with Crippen LogP contribution in [0.3, 0.4) is 0 Å². The maximum absolute atomic E-state index is 13.3. The fraction of sp³-hybridized carbons (Fsp3) is 0.632. The molecule has 1 atom stereocenters. The lowest BCUT2D eigenvalue weighted by atomic mass is 10.0. The molecule has 1 aromatic carbocycles. The summed E-state index contributed by atoms with van der Waals surface area (Å²) >= 11 is 0. The van der Waals surface area contributed by atoms with Crippen LogP contribution in [0.5, 0.6) is 0 Å². The zero-order valence-corrected chi connectivity index (χ0v) is 15.0. The summed E-state index contributed by atoms with van der Waals surface area (Å²) in [5.74, 6) is 0.656. The molecule has 0 spiro atoms. The summed E-state index contributed by atoms with van der Waals surface area (Å²) in [5, 5.41) is 6.99. The van der Waals surface area contributed by atoms with E-state index < -0.39 is 0 Å². The molecule has 0 radical (unpaired) electrons. The lowest BCUT2D eigenvalue weighted by molar-refractivity contribution is 0.0170. The fourth-order valence-electron chi connectivity index (χ4n) is 3.68. The Labute approximate surface area is 149 Å². The van der Waals surface area contributed by atoms with Crippen LogP contribution < -0.4 is 10.6 Å². The van der Waals surface area contributed by atoms with Crippen LogP contribution in [0.4, 0.5) is 4.39 Å². The molecule has 6 heteroatoms. The second kappa shape index (κ2) is 9.15. The summed E-state index contributed by atoms with van der Waals surface area (Å²) in [4.78, 5) is 6.76. The Morgan fingerprint density at radius 2 is 1.92 bits per heavy atom. The highest BCUT2D eigenvalue weighted by Gasteiger charge is 2.23. The minimum absolute atomic E-state index is 0.173. The molecule has 2 N–H and O–H groups in total. The smallest absolute Gasteiger partial charge is 0.191 e. The van der Waals surface area contributed by atoms with Gasteiger partial charge >= 0.3 is 0 Å². The monoisotopic (exact) mass is 348 g/mol. The Kier molecular flexibility index (Phi) is 6.64. The minimum Gasteiger partial charge on any atom is -0.379 e. The summed E-state index contributed by atoms with van der Waals surface area (Å²) in [6, 6.07) is 7.53. The normalized spacial score (nSPS) is 21.3. The van der Waals surface area contributed by atoms with E-state index in [1.807, 2.05) is 19.2 Å². The first kappa shape index (κ1) is 18.1. The molecule has 3 rings (SSSR count). The quantitative estimate of drug-likeness (QED) is 0.633. The summed E-state index contributed by atoms with van der Waals surface area (Å²) in [6.45, 7) is 3.99. The number of morpholine rings is 1. The third-order valence-electron chi connectivity index (χ3n) is 5.12. The fourth-order valence-corrected chi connectivity index (χ4v) is 3.68. The topological polar surface area (TPSA) is 48.9 Å². The first-order valence-electron chi connectivity index (χ1n) is 9.30. The predicted molar refractivity (Wildman–Crippen MR) is 98.3 cm³/mol. The van der Waals surface area contributed by atoms with E-state index in [0.29, 0.717) is 6.04 Å². The molecule has 1 aromatic rings. The van der Waals surface area contributed by atoms with E-state index in [-0.39, 0.29) is 11.9 Å². The molecule has 1 heterocycles. The van der Waals surface area contributed by atoms with Gasteiger partial charge in [0.05, 0.1) is 19.3 Å². The molecule has 5 nitrogen and oxygen atoms in total. The second-order valence-corrected chi connectivity index (χ2v) is 6.79. The van der Waals surface area contributed by atoms with Crippen molar-refractivity contribution in [2.75, 3.05) is 39.9 Å². The van der Waals surface area contributed by atoms with Gasteiger partial charge in [-0.2, -0.15) is 0 Å². The molecule has 1 saturated heterocycles. The van der Waals surface area contributed by atoms with E-state index >= 15 is 0 Å². The maximum Gasteiger partial charge on any atom is 0.191 e. The number of halogens is 1. The van der Waals surface area contributed by atoms with Crippen LogP contribution in [0, 0.1) is 5.82 Å². The average molecular weight is 348 g/mol. The predicted octanol–water partition coefficient (Wildman–Crippen LogP) is 2.31. The van der Waals surface area contributed by atoms with Crippen molar-refractivity contribution in [2.45, 2.75) is 37.8 Å². The Hall–Kier alpha value is -1.66. The van der Waals surface area contributed by atoms with Crippen LogP contribution in [0.15, 0.2) is 29.3 Å². The highest BCUT2D eigenvalue weighted by Crippen LogP contribution is 2.22. The summed E-state index contributed by atoms with van der Waals surface area (Å²) in [5.41, 5.74) is 1.12. The van der Waals surface area contributed by atoms with Crippen molar-refractivity contribution >= 4 is 5.96 Å². The van der Waals surface area contributed by atoms with Crippen LogP contribution in [0.25, 0.3) is 0 Å². The van der Waals surface area contributed by atoms with Crippen molar-refractivity contribution in [3.8, 4) is 0 Å². The van der Waals surface area contributed by atoms with E-state index in [0.717, 1.165) is 44.4 Å². The van der Waals surface area contributed by atoms with E-state index in [1.165, 1.54) is 37.8 Å². The highest BCUT2D eigenvalue weighted by atomic mass is 19.1. The van der Waals surface area contributed by atoms with Gasteiger partial charge in [-0.05, 0) is 30.5 Å². The van der Waals surface area contributed by atoms with E-state index in [9.17, 15) is 4.39 Å². The lowest BCUT2D eigenvalue weighted by Crippen LogP contribution is -2.48. The number of nitrogens with zero attached hydrogens (tertiary/aromatic N) is 2. The van der Waals surface area contributed by atoms with Crippen LogP contribution in [0.1, 0.15) is 37.3 Å². The maximum atomic E-state index is 13.3. The van der Waals surface area contributed by atoms with Crippen LogP contribution in [-0.4, -0.2) is 56.8 Å². The number of guanidine groups is 1. The van der Waals surface area contributed by atoms with Crippen LogP contribution >= 0.6 is 0 Å². The van der Waals surface area contributed by atoms with Crippen molar-refractivity contribution in [2.24, 2.45) is 4.99 Å². The standard InChI is InChI=1S/C19H29FN4O/c1-21-19(23-17-4-2-3-5-17)22-14-18(24-10-12-25-13-11-24)15-6-8-16(20)9-7-15/h6-9,17-18H,2-5,10-14H2,1H3,(H2,21,22,23). The summed E-state index contributed by atoms with van der Waals surface area (Å²) in [6.07, 6.45) is 5.01. The average Bonchev–Trinajstić information content (AvgIpc) is 3.16. The first-order chi connectivity index (χ1) is 12.3. The molecule has 0 aromatic heterocycles. The lowest BCUT2D eigenvalue weighted by Gasteiger charge is -2.35. The van der Waals surface area contributed by atoms with Gasteiger partial charge in [-0.25, -0.2) is 4.39 Å². The molecule has 1 aliphatic carbocycles. The molecule has 2 aliphatic rings. The number of nitrogens with one attached hydrogen (secondary N) is 2. The number of rotatable bonds is 5. The van der Waals surface area contributed by atoms with Crippen molar-refractivity contribution in [3.05, 3.63) is 35.6 Å². The van der Waals surface area contributed by atoms with E-state index in [1.54, 1.807) is 0 Å². The number of ether oxygens (including phenoxy) is 1. The number of hydrogen-bond acceptors (Lipinski definition) is 3. The summed E-state index contributed by atoms with van der Waals surface area (Å²) in [7, 11) is 1.81. The molecule has 25 heavy (non-hydrogen) atoms. The molecule has 0 bridgehead atoms. The molecule has 1 saturated carbocycles. The van der Waals surface area contributed by atoms with Gasteiger partial charge in [0.15, 0.2) is 5.96 Å². The van der Waals surface area contributed by atoms with Crippen LogP contribution in [-0.2, 0) is 4.74 Å². The molecular weight excluding hydrogens is 319 g/mol. The van der Waals surface area contributed by atoms with Gasteiger partial charge in [-0.15, -0.1) is 0 Å². The van der Waals surface area contributed by atoms with Gasteiger partial charge in [0.2, 0.25) is 0 Å².